The molecule has 174 valence electrons. The van der Waals surface area contributed by atoms with Crippen LogP contribution in [0.3, 0.4) is 0 Å². The van der Waals surface area contributed by atoms with Gasteiger partial charge < -0.3 is 5.32 Å². The molecule has 0 aliphatic carbocycles. The number of carbonyl (C=O) groups is 1. The average molecular weight is 457 g/mol. The van der Waals surface area contributed by atoms with Gasteiger partial charge in [0.05, 0.1) is 29.5 Å². The van der Waals surface area contributed by atoms with Crippen LogP contribution in [0, 0.1) is 11.7 Å². The summed E-state index contributed by atoms with van der Waals surface area (Å²) in [5.41, 5.74) is 3.89. The molecule has 1 saturated heterocycles. The minimum Gasteiger partial charge on any atom is -0.349 e. The fraction of sp³-hybridized carbons (Fsp3) is 0.286. The summed E-state index contributed by atoms with van der Waals surface area (Å²) in [6.07, 6.45) is 1.85. The third-order valence-corrected chi connectivity index (χ3v) is 6.61. The number of amides is 1. The van der Waals surface area contributed by atoms with E-state index in [1.165, 1.54) is 12.1 Å². The first kappa shape index (κ1) is 22.3. The first-order valence-electron chi connectivity index (χ1n) is 11.9. The van der Waals surface area contributed by atoms with Gasteiger partial charge in [-0.2, -0.15) is 0 Å². The Bertz CT molecular complexity index is 1270. The number of hydrogen-bond donors (Lipinski definition) is 1. The van der Waals surface area contributed by atoms with Gasteiger partial charge in [0.15, 0.2) is 0 Å². The third kappa shape index (κ3) is 4.73. The summed E-state index contributed by atoms with van der Waals surface area (Å²) in [7, 11) is 0. The molecule has 0 saturated carbocycles. The van der Waals surface area contributed by atoms with Crippen molar-refractivity contribution in [3.05, 3.63) is 96.1 Å². The van der Waals surface area contributed by atoms with Crippen LogP contribution in [0.2, 0.25) is 0 Å². The van der Waals surface area contributed by atoms with E-state index in [0.29, 0.717) is 13.1 Å². The zero-order valence-corrected chi connectivity index (χ0v) is 19.3. The van der Waals surface area contributed by atoms with Crippen LogP contribution >= 0.6 is 0 Å². The van der Waals surface area contributed by atoms with Crippen molar-refractivity contribution in [2.45, 2.75) is 32.4 Å². The van der Waals surface area contributed by atoms with Crippen molar-refractivity contribution in [2.75, 3.05) is 13.1 Å². The monoisotopic (exact) mass is 456 g/mol. The summed E-state index contributed by atoms with van der Waals surface area (Å²) in [5, 5.41) is 3.19. The standard InChI is InChI=1S/C28H29FN4O/c1-20(21-8-3-2-4-9-21)30-28(34)22-10-7-17-32(18-22)19-27-31-25-11-5-6-12-26(25)33(27)24-15-13-23(29)14-16-24/h2-6,8-9,11-16,20,22H,7,10,17-19H2,1H3,(H,30,34)/t20-,22-/m1/s1. The van der Waals surface area contributed by atoms with Crippen molar-refractivity contribution in [3.63, 3.8) is 0 Å². The van der Waals surface area contributed by atoms with E-state index in [2.05, 4.69) is 14.8 Å². The maximum atomic E-state index is 13.6. The van der Waals surface area contributed by atoms with E-state index in [9.17, 15) is 9.18 Å². The van der Waals surface area contributed by atoms with Gasteiger partial charge in [0.2, 0.25) is 5.91 Å². The molecular weight excluding hydrogens is 427 g/mol. The highest BCUT2D eigenvalue weighted by Gasteiger charge is 2.28. The van der Waals surface area contributed by atoms with Crippen LogP contribution in [0.4, 0.5) is 4.39 Å². The van der Waals surface area contributed by atoms with Crippen LogP contribution in [-0.4, -0.2) is 33.4 Å². The predicted octanol–water partition coefficient (Wildman–Crippen LogP) is 5.25. The van der Waals surface area contributed by atoms with Crippen molar-refractivity contribution in [1.29, 1.82) is 0 Å². The maximum absolute atomic E-state index is 13.6. The molecule has 5 nitrogen and oxygen atoms in total. The molecule has 5 rings (SSSR count). The highest BCUT2D eigenvalue weighted by molar-refractivity contribution is 5.79. The molecule has 1 aliphatic heterocycles. The smallest absolute Gasteiger partial charge is 0.224 e. The van der Waals surface area contributed by atoms with Crippen LogP contribution in [0.5, 0.6) is 0 Å². The quantitative estimate of drug-likeness (QED) is 0.431. The molecule has 3 aromatic carbocycles. The number of para-hydroxylation sites is 2. The van der Waals surface area contributed by atoms with Gasteiger partial charge in [0, 0.05) is 12.2 Å². The summed E-state index contributed by atoms with van der Waals surface area (Å²) < 4.78 is 15.7. The number of carbonyl (C=O) groups excluding carboxylic acids is 1. The molecule has 1 fully saturated rings. The number of piperidine rings is 1. The Morgan fingerprint density at radius 2 is 1.79 bits per heavy atom. The van der Waals surface area contributed by atoms with Crippen molar-refractivity contribution >= 4 is 16.9 Å². The summed E-state index contributed by atoms with van der Waals surface area (Å²) >= 11 is 0. The van der Waals surface area contributed by atoms with E-state index in [4.69, 9.17) is 4.98 Å². The van der Waals surface area contributed by atoms with E-state index >= 15 is 0 Å². The predicted molar refractivity (Wildman–Crippen MR) is 132 cm³/mol. The van der Waals surface area contributed by atoms with Gasteiger partial charge in [-0.3, -0.25) is 14.3 Å². The maximum Gasteiger partial charge on any atom is 0.224 e. The number of benzene rings is 3. The Labute approximate surface area is 199 Å². The number of nitrogens with one attached hydrogen (secondary N) is 1. The largest absolute Gasteiger partial charge is 0.349 e. The zero-order valence-electron chi connectivity index (χ0n) is 19.3. The number of fused-ring (bicyclic) bond motifs is 1. The minimum absolute atomic E-state index is 0.0215. The Morgan fingerprint density at radius 3 is 2.59 bits per heavy atom. The van der Waals surface area contributed by atoms with E-state index < -0.39 is 0 Å². The summed E-state index contributed by atoms with van der Waals surface area (Å²) in [6, 6.07) is 24.5. The van der Waals surface area contributed by atoms with E-state index in [-0.39, 0.29) is 23.7 Å². The molecule has 0 spiro atoms. The second kappa shape index (κ2) is 9.77. The fourth-order valence-corrected chi connectivity index (χ4v) is 4.83. The van der Waals surface area contributed by atoms with Gasteiger partial charge in [0.1, 0.15) is 11.6 Å². The highest BCUT2D eigenvalue weighted by Crippen LogP contribution is 2.25. The van der Waals surface area contributed by atoms with Gasteiger partial charge in [-0.05, 0) is 68.3 Å². The minimum atomic E-state index is -0.260. The molecule has 1 amide bonds. The highest BCUT2D eigenvalue weighted by atomic mass is 19.1. The second-order valence-electron chi connectivity index (χ2n) is 9.04. The van der Waals surface area contributed by atoms with Gasteiger partial charge in [0.25, 0.3) is 0 Å². The summed E-state index contributed by atoms with van der Waals surface area (Å²) in [4.78, 5) is 20.2. The van der Waals surface area contributed by atoms with Crippen molar-refractivity contribution in [1.82, 2.24) is 19.8 Å². The average Bonchev–Trinajstić information content (AvgIpc) is 3.23. The van der Waals surface area contributed by atoms with E-state index in [1.807, 2.05) is 61.5 Å². The van der Waals surface area contributed by atoms with Crippen molar-refractivity contribution in [3.8, 4) is 5.69 Å². The molecule has 4 aromatic rings. The van der Waals surface area contributed by atoms with Crippen LogP contribution < -0.4 is 5.32 Å². The SMILES string of the molecule is C[C@@H](NC(=O)[C@@H]1CCCN(Cc2nc3ccccc3n2-c2ccc(F)cc2)C1)c1ccccc1. The lowest BCUT2D eigenvalue weighted by molar-refractivity contribution is -0.127. The van der Waals surface area contributed by atoms with E-state index in [0.717, 1.165) is 47.5 Å². The Hall–Kier alpha value is -3.51. The topological polar surface area (TPSA) is 50.2 Å². The lowest BCUT2D eigenvalue weighted by atomic mass is 9.96. The molecule has 1 N–H and O–H groups in total. The number of hydrogen-bond acceptors (Lipinski definition) is 3. The lowest BCUT2D eigenvalue weighted by Gasteiger charge is -2.32. The molecule has 34 heavy (non-hydrogen) atoms. The van der Waals surface area contributed by atoms with Crippen LogP contribution in [0.15, 0.2) is 78.9 Å². The van der Waals surface area contributed by atoms with Crippen molar-refractivity contribution in [2.24, 2.45) is 5.92 Å². The molecule has 0 radical (unpaired) electrons. The molecule has 2 atom stereocenters. The van der Waals surface area contributed by atoms with Crippen molar-refractivity contribution < 1.29 is 9.18 Å². The summed E-state index contributed by atoms with van der Waals surface area (Å²) in [5.74, 6) is 0.688. The van der Waals surface area contributed by atoms with Crippen LogP contribution in [0.1, 0.15) is 37.2 Å². The number of likely N-dealkylation sites (tertiary alicyclic amines) is 1. The Morgan fingerprint density at radius 1 is 1.06 bits per heavy atom. The Balaban J connectivity index is 1.33. The molecule has 2 heterocycles. The first-order chi connectivity index (χ1) is 16.6. The number of halogens is 1. The van der Waals surface area contributed by atoms with Crippen LogP contribution in [-0.2, 0) is 11.3 Å². The van der Waals surface area contributed by atoms with E-state index in [1.54, 1.807) is 12.1 Å². The first-order valence-corrected chi connectivity index (χ1v) is 11.9. The van der Waals surface area contributed by atoms with Gasteiger partial charge in [-0.15, -0.1) is 0 Å². The number of aromatic nitrogens is 2. The molecular formula is C28H29FN4O. The second-order valence-corrected chi connectivity index (χ2v) is 9.04. The zero-order chi connectivity index (χ0) is 23.5. The van der Waals surface area contributed by atoms with Crippen LogP contribution in [0.25, 0.3) is 16.7 Å². The fourth-order valence-electron chi connectivity index (χ4n) is 4.83. The number of imidazole rings is 1. The molecule has 1 aromatic heterocycles. The molecule has 0 bridgehead atoms. The Kier molecular flexibility index (Phi) is 6.41. The number of rotatable bonds is 6. The number of nitrogens with zero attached hydrogens (tertiary/aromatic N) is 3. The molecule has 6 heteroatoms. The third-order valence-electron chi connectivity index (χ3n) is 6.61. The molecule has 1 aliphatic rings. The lowest BCUT2D eigenvalue weighted by Crippen LogP contribution is -2.43. The van der Waals surface area contributed by atoms with Gasteiger partial charge >= 0.3 is 0 Å². The summed E-state index contributed by atoms with van der Waals surface area (Å²) in [6.45, 7) is 4.27. The molecule has 0 unspecified atom stereocenters. The van der Waals surface area contributed by atoms with Gasteiger partial charge in [-0.25, -0.2) is 9.37 Å². The normalized spacial score (nSPS) is 17.5. The van der Waals surface area contributed by atoms with Gasteiger partial charge in [-0.1, -0.05) is 42.5 Å².